The normalized spacial score (nSPS) is 11.9. The Kier molecular flexibility index (Phi) is 47.3. The molecule has 0 unspecified atom stereocenters. The molecule has 0 N–H and O–H groups in total. The van der Waals surface area contributed by atoms with Crippen LogP contribution in [-0.4, -0.2) is 30.3 Å². The maximum atomic E-state index is 13.4. The fourth-order valence-corrected chi connectivity index (χ4v) is 9.24. The summed E-state index contributed by atoms with van der Waals surface area (Å²) in [5, 5.41) is 0. The lowest BCUT2D eigenvalue weighted by Crippen LogP contribution is -2.54. The van der Waals surface area contributed by atoms with E-state index in [-0.39, 0.29) is 25.4 Å². The molecule has 0 aromatic heterocycles. The van der Waals surface area contributed by atoms with Crippen LogP contribution in [0.2, 0.25) is 0 Å². The van der Waals surface area contributed by atoms with Crippen LogP contribution in [0.25, 0.3) is 0 Å². The van der Waals surface area contributed by atoms with E-state index in [2.05, 4.69) is 20.8 Å². The second kappa shape index (κ2) is 48.4. The molecule has 0 heterocycles. The SMILES string of the molecule is CCCCCCCCCCCCCCCCCC(=O)OCC(OC(=O)CCCCCCCCCCCCCCCCC)(OC(=O)CCCCCCCCCCCCCCCCC)C(C)(C)C. The Morgan fingerprint density at radius 1 is 0.273 bits per heavy atom. The van der Waals surface area contributed by atoms with Crippen molar-refractivity contribution in [2.45, 2.75) is 356 Å². The van der Waals surface area contributed by atoms with Gasteiger partial charge in [0.1, 0.15) is 0 Å². The fraction of sp³-hybridized carbons (Fsp3) is 0.950. The van der Waals surface area contributed by atoms with Gasteiger partial charge in [0.2, 0.25) is 0 Å². The van der Waals surface area contributed by atoms with Crippen molar-refractivity contribution in [3.63, 3.8) is 0 Å². The molecule has 0 aromatic rings. The van der Waals surface area contributed by atoms with E-state index in [1.54, 1.807) is 0 Å². The molecule has 0 saturated heterocycles. The first kappa shape index (κ1) is 64.4. The quantitative estimate of drug-likeness (QED) is 0.0343. The molecule has 0 rings (SSSR count). The average Bonchev–Trinajstić information content (AvgIpc) is 3.29. The van der Waals surface area contributed by atoms with Gasteiger partial charge in [-0.05, 0) is 19.3 Å². The third kappa shape index (κ3) is 42.5. The molecule has 0 saturated carbocycles. The van der Waals surface area contributed by atoms with Gasteiger partial charge in [-0.25, -0.2) is 0 Å². The molecule has 0 spiro atoms. The van der Waals surface area contributed by atoms with Crippen LogP contribution < -0.4 is 0 Å². The van der Waals surface area contributed by atoms with Crippen molar-refractivity contribution in [1.82, 2.24) is 0 Å². The van der Waals surface area contributed by atoms with Gasteiger partial charge in [0.05, 0.1) is 0 Å². The Morgan fingerprint density at radius 3 is 0.652 bits per heavy atom. The average molecular weight is 934 g/mol. The molecule has 66 heavy (non-hydrogen) atoms. The van der Waals surface area contributed by atoms with E-state index in [0.717, 1.165) is 57.8 Å². The minimum Gasteiger partial charge on any atom is -0.457 e. The second-order valence-corrected chi connectivity index (χ2v) is 21.7. The van der Waals surface area contributed by atoms with Crippen molar-refractivity contribution >= 4 is 17.9 Å². The molecular weight excluding hydrogens is 817 g/mol. The van der Waals surface area contributed by atoms with E-state index in [1.807, 2.05) is 20.8 Å². The van der Waals surface area contributed by atoms with Gasteiger partial charge in [-0.3, -0.25) is 14.4 Å². The molecule has 6 nitrogen and oxygen atoms in total. The maximum Gasteiger partial charge on any atom is 0.309 e. The van der Waals surface area contributed by atoms with Crippen LogP contribution in [0.1, 0.15) is 350 Å². The summed E-state index contributed by atoms with van der Waals surface area (Å²) >= 11 is 0. The van der Waals surface area contributed by atoms with Crippen molar-refractivity contribution in [2.75, 3.05) is 6.61 Å². The number of carbonyl (C=O) groups excluding carboxylic acids is 3. The zero-order valence-electron chi connectivity index (χ0n) is 45.6. The first-order valence-corrected chi connectivity index (χ1v) is 29.7. The highest BCUT2D eigenvalue weighted by molar-refractivity contribution is 5.73. The molecular formula is C60H116O6. The number of esters is 3. The highest BCUT2D eigenvalue weighted by Gasteiger charge is 2.51. The Hall–Kier alpha value is -1.59. The summed E-state index contributed by atoms with van der Waals surface area (Å²) in [6, 6.07) is 0. The lowest BCUT2D eigenvalue weighted by molar-refractivity contribution is -0.280. The highest BCUT2D eigenvalue weighted by atomic mass is 16.8. The number of unbranched alkanes of at least 4 members (excludes halogenated alkanes) is 42. The zero-order chi connectivity index (χ0) is 48.5. The third-order valence-electron chi connectivity index (χ3n) is 14.1. The van der Waals surface area contributed by atoms with Gasteiger partial charge in [0, 0.05) is 24.7 Å². The summed E-state index contributed by atoms with van der Waals surface area (Å²) in [6.07, 6.45) is 57.7. The lowest BCUT2D eigenvalue weighted by Gasteiger charge is -2.41. The van der Waals surface area contributed by atoms with E-state index < -0.39 is 23.1 Å². The molecule has 0 aliphatic heterocycles. The smallest absolute Gasteiger partial charge is 0.309 e. The van der Waals surface area contributed by atoms with Crippen LogP contribution in [-0.2, 0) is 28.6 Å². The predicted octanol–water partition coefficient (Wildman–Crippen LogP) is 20.1. The van der Waals surface area contributed by atoms with Crippen LogP contribution in [0.3, 0.4) is 0 Å². The van der Waals surface area contributed by atoms with Crippen LogP contribution in [0.15, 0.2) is 0 Å². The fourth-order valence-electron chi connectivity index (χ4n) is 9.24. The Balaban J connectivity index is 4.79. The van der Waals surface area contributed by atoms with E-state index in [1.165, 1.54) is 231 Å². The van der Waals surface area contributed by atoms with Crippen molar-refractivity contribution in [3.05, 3.63) is 0 Å². The van der Waals surface area contributed by atoms with E-state index in [4.69, 9.17) is 14.2 Å². The second-order valence-electron chi connectivity index (χ2n) is 21.7. The van der Waals surface area contributed by atoms with Crippen LogP contribution in [0.5, 0.6) is 0 Å². The molecule has 392 valence electrons. The van der Waals surface area contributed by atoms with Crippen LogP contribution in [0.4, 0.5) is 0 Å². The Labute approximate surface area is 412 Å². The number of hydrogen-bond donors (Lipinski definition) is 0. The molecule has 0 atom stereocenters. The van der Waals surface area contributed by atoms with E-state index in [0.29, 0.717) is 6.42 Å². The van der Waals surface area contributed by atoms with Crippen molar-refractivity contribution in [2.24, 2.45) is 5.41 Å². The maximum absolute atomic E-state index is 13.4. The number of hydrogen-bond acceptors (Lipinski definition) is 6. The Morgan fingerprint density at radius 2 is 0.455 bits per heavy atom. The molecule has 0 aliphatic carbocycles. The minimum atomic E-state index is -1.67. The van der Waals surface area contributed by atoms with Crippen LogP contribution >= 0.6 is 0 Å². The van der Waals surface area contributed by atoms with Gasteiger partial charge in [0.15, 0.2) is 6.61 Å². The molecule has 0 aromatic carbocycles. The summed E-state index contributed by atoms with van der Waals surface area (Å²) in [5.74, 6) is -2.78. The first-order chi connectivity index (χ1) is 32.1. The molecule has 6 heteroatoms. The van der Waals surface area contributed by atoms with Gasteiger partial charge in [-0.2, -0.15) is 0 Å². The minimum absolute atomic E-state index is 0.264. The van der Waals surface area contributed by atoms with Gasteiger partial charge in [0.25, 0.3) is 5.79 Å². The molecule has 0 bridgehead atoms. The number of rotatable bonds is 52. The number of ether oxygens (including phenoxy) is 3. The summed E-state index contributed by atoms with van der Waals surface area (Å²) < 4.78 is 18.1. The molecule has 0 amide bonds. The van der Waals surface area contributed by atoms with E-state index in [9.17, 15) is 14.4 Å². The molecule has 0 aliphatic rings. The third-order valence-corrected chi connectivity index (χ3v) is 14.1. The summed E-state index contributed by atoms with van der Waals surface area (Å²) in [4.78, 5) is 40.0. The monoisotopic (exact) mass is 933 g/mol. The van der Waals surface area contributed by atoms with Crippen molar-refractivity contribution < 1.29 is 28.6 Å². The van der Waals surface area contributed by atoms with Crippen molar-refractivity contribution in [1.29, 1.82) is 0 Å². The lowest BCUT2D eigenvalue weighted by atomic mass is 9.85. The first-order valence-electron chi connectivity index (χ1n) is 29.7. The largest absolute Gasteiger partial charge is 0.457 e. The standard InChI is InChI=1S/C60H116O6/c1-7-10-13-16-19-22-25-28-31-34-37-40-43-46-49-52-56(61)64-55-60(59(4,5)6,65-57(62)53-50-47-44-41-38-35-32-29-26-23-20-17-14-11-8-2)66-58(63)54-51-48-45-42-39-36-33-30-27-24-21-18-15-12-9-3/h7-55H2,1-6H3. The van der Waals surface area contributed by atoms with Gasteiger partial charge in [-0.15, -0.1) is 0 Å². The van der Waals surface area contributed by atoms with Crippen molar-refractivity contribution in [3.8, 4) is 0 Å². The van der Waals surface area contributed by atoms with Gasteiger partial charge >= 0.3 is 17.9 Å². The number of carbonyl (C=O) groups is 3. The molecule has 0 radical (unpaired) electrons. The summed E-state index contributed by atoms with van der Waals surface area (Å²) in [6.45, 7) is 12.3. The Bertz CT molecular complexity index is 1000. The van der Waals surface area contributed by atoms with Gasteiger partial charge < -0.3 is 14.2 Å². The molecule has 0 fully saturated rings. The van der Waals surface area contributed by atoms with Crippen LogP contribution in [0, 0.1) is 5.41 Å². The van der Waals surface area contributed by atoms with Gasteiger partial charge in [-0.1, -0.05) is 311 Å². The summed E-state index contributed by atoms with van der Waals surface area (Å²) in [5.41, 5.74) is -0.794. The zero-order valence-corrected chi connectivity index (χ0v) is 45.6. The van der Waals surface area contributed by atoms with E-state index >= 15 is 0 Å². The summed E-state index contributed by atoms with van der Waals surface area (Å²) in [7, 11) is 0. The highest BCUT2D eigenvalue weighted by Crippen LogP contribution is 2.37. The predicted molar refractivity (Wildman–Crippen MR) is 284 cm³/mol. The topological polar surface area (TPSA) is 78.9 Å².